The van der Waals surface area contributed by atoms with E-state index in [1.807, 2.05) is 0 Å². The number of nitrogens with two attached hydrogens (primary N) is 1. The molecule has 0 spiro atoms. The fourth-order valence-corrected chi connectivity index (χ4v) is 5.20. The molecule has 1 aliphatic rings. The topological polar surface area (TPSA) is 172 Å². The number of ether oxygens (including phenoxy) is 1. The van der Waals surface area contributed by atoms with E-state index in [9.17, 15) is 44.1 Å². The molecular formula is C21H21F8N7O5S. The molecule has 1 unspecified atom stereocenters. The predicted octanol–water partition coefficient (Wildman–Crippen LogP) is 3.23. The molecule has 0 radical (unpaired) electrons. The van der Waals surface area contributed by atoms with Crippen molar-refractivity contribution >= 4 is 33.6 Å². The van der Waals surface area contributed by atoms with Crippen molar-refractivity contribution in [3.63, 3.8) is 0 Å². The number of alkyl halides is 7. The van der Waals surface area contributed by atoms with Gasteiger partial charge in [0.15, 0.2) is 0 Å². The lowest BCUT2D eigenvalue weighted by Gasteiger charge is -2.36. The Morgan fingerprint density at radius 2 is 1.83 bits per heavy atom. The monoisotopic (exact) mass is 635 g/mol. The Kier molecular flexibility index (Phi) is 10.2. The van der Waals surface area contributed by atoms with Crippen LogP contribution in [0.25, 0.3) is 0 Å². The first-order valence-corrected chi connectivity index (χ1v) is 12.6. The zero-order chi connectivity index (χ0) is 32.1. The molecule has 12 nitrogen and oxygen atoms in total. The molecule has 1 amide bonds. The number of nitrogens with one attached hydrogen (secondary N) is 1. The summed E-state index contributed by atoms with van der Waals surface area (Å²) >= 11 is 0. The highest BCUT2D eigenvalue weighted by Crippen LogP contribution is 2.34. The number of carboxylic acids is 1. The van der Waals surface area contributed by atoms with E-state index in [0.29, 0.717) is 0 Å². The zero-order valence-electron chi connectivity index (χ0n) is 21.3. The minimum Gasteiger partial charge on any atom is -0.475 e. The van der Waals surface area contributed by atoms with Crippen molar-refractivity contribution in [2.75, 3.05) is 31.5 Å². The molecule has 4 N–H and O–H groups in total. The van der Waals surface area contributed by atoms with Gasteiger partial charge in [0.25, 0.3) is 5.91 Å². The molecule has 0 aliphatic carbocycles. The first-order valence-electron chi connectivity index (χ1n) is 11.0. The Labute approximate surface area is 231 Å². The summed E-state index contributed by atoms with van der Waals surface area (Å²) in [6, 6.07) is 4.65. The van der Waals surface area contributed by atoms with Gasteiger partial charge in [0.05, 0.1) is 11.9 Å². The molecule has 3 heterocycles. The van der Waals surface area contributed by atoms with Crippen LogP contribution in [0.3, 0.4) is 0 Å². The third kappa shape index (κ3) is 8.85. The molecular weight excluding hydrogens is 614 g/mol. The number of aromatic nitrogens is 2. The Bertz CT molecular complexity index is 1460. The number of pyridine rings is 2. The molecule has 232 valence electrons. The number of hydrogen-bond donors (Lipinski definition) is 3. The maximum atomic E-state index is 14.8. The quantitative estimate of drug-likeness (QED) is 0.406. The third-order valence-electron chi connectivity index (χ3n) is 5.06. The van der Waals surface area contributed by atoms with Crippen molar-refractivity contribution in [3.8, 4) is 5.75 Å². The van der Waals surface area contributed by atoms with Gasteiger partial charge >= 0.3 is 18.3 Å². The largest absolute Gasteiger partial charge is 0.490 e. The molecule has 21 heteroatoms. The Balaban J connectivity index is 0.000000782. The molecule has 1 aliphatic heterocycles. The zero-order valence-corrected chi connectivity index (χ0v) is 22.2. The Morgan fingerprint density at radius 3 is 2.33 bits per heavy atom. The number of carbonyl (C=O) groups is 2. The van der Waals surface area contributed by atoms with Gasteiger partial charge in [0, 0.05) is 7.05 Å². The van der Waals surface area contributed by atoms with Crippen LogP contribution in [0.15, 0.2) is 39.8 Å². The lowest BCUT2D eigenvalue weighted by atomic mass is 10.00. The first kappa shape index (κ1) is 33.9. The average molecular weight is 635 g/mol. The first-order chi connectivity index (χ1) is 19.2. The number of halogens is 8. The second-order valence-electron chi connectivity index (χ2n) is 8.31. The van der Waals surface area contributed by atoms with Crippen LogP contribution in [0.4, 0.5) is 40.9 Å². The molecule has 0 aromatic carbocycles. The lowest BCUT2D eigenvalue weighted by Crippen LogP contribution is -2.51. The van der Waals surface area contributed by atoms with Gasteiger partial charge in [-0.25, -0.2) is 37.1 Å². The molecule has 3 rings (SSSR count). The van der Waals surface area contributed by atoms with Crippen LogP contribution in [-0.4, -0.2) is 80.0 Å². The van der Waals surface area contributed by atoms with Crippen molar-refractivity contribution < 1.29 is 58.8 Å². The van der Waals surface area contributed by atoms with E-state index < -0.39 is 76.3 Å². The van der Waals surface area contributed by atoms with E-state index >= 15 is 0 Å². The average Bonchev–Trinajstić information content (AvgIpc) is 2.87. The van der Waals surface area contributed by atoms with Gasteiger partial charge in [-0.3, -0.25) is 9.10 Å². The van der Waals surface area contributed by atoms with Crippen LogP contribution in [0.5, 0.6) is 5.75 Å². The van der Waals surface area contributed by atoms with Gasteiger partial charge in [0.1, 0.15) is 50.8 Å². The van der Waals surface area contributed by atoms with E-state index in [0.717, 1.165) is 29.7 Å². The van der Waals surface area contributed by atoms with E-state index in [2.05, 4.69) is 29.4 Å². The van der Waals surface area contributed by atoms with E-state index in [1.165, 1.54) is 19.1 Å². The Morgan fingerprint density at radius 1 is 1.21 bits per heavy atom. The number of anilines is 1. The van der Waals surface area contributed by atoms with Gasteiger partial charge < -0.3 is 20.9 Å². The standard InChI is InChI=1S/C19H20F5N7O3S.C2HF3O2/c1-18(9-35(33,27-8-19(22,23)24)31(2)17(25)30-18)15-12(21)4-6-14(28-15)29-16(32)13-5-3-11(7-26-13)34-10-20;3-2(4,5)1(6)7/h3-7H,8-10H2,1-2H3,(H2,25,30)(H,28,29,32);(H,6,7)/t18-,35?;/m0./s1. The molecule has 0 fully saturated rings. The SMILES string of the molecule is CN1C(N)=N[C@](C)(c2nc(NC(=O)c3ccc(OCF)cn3)ccc2F)CS1(=O)=NCC(F)(F)F.O=C(O)C(F)(F)F. The second-order valence-corrected chi connectivity index (χ2v) is 10.6. The van der Waals surface area contributed by atoms with Crippen molar-refractivity contribution in [1.29, 1.82) is 0 Å². The predicted molar refractivity (Wildman–Crippen MR) is 130 cm³/mol. The summed E-state index contributed by atoms with van der Waals surface area (Å²) in [5.41, 5.74) is 3.50. The molecule has 2 aromatic rings. The number of nitrogens with zero attached hydrogens (tertiary/aromatic N) is 5. The molecule has 2 atom stereocenters. The summed E-state index contributed by atoms with van der Waals surface area (Å²) in [5.74, 6) is -5.55. The van der Waals surface area contributed by atoms with Crippen LogP contribution in [0, 0.1) is 5.82 Å². The maximum Gasteiger partial charge on any atom is 0.490 e. The van der Waals surface area contributed by atoms with Crippen molar-refractivity contribution in [2.24, 2.45) is 15.1 Å². The van der Waals surface area contributed by atoms with Gasteiger partial charge in [-0.05, 0) is 31.2 Å². The van der Waals surface area contributed by atoms with Crippen LogP contribution < -0.4 is 15.8 Å². The number of hydrogen-bond acceptors (Lipinski definition) is 9. The smallest absolute Gasteiger partial charge is 0.475 e. The highest BCUT2D eigenvalue weighted by Gasteiger charge is 2.43. The number of aliphatic carboxylic acids is 1. The van der Waals surface area contributed by atoms with Gasteiger partial charge in [0.2, 0.25) is 12.8 Å². The summed E-state index contributed by atoms with van der Waals surface area (Å²) in [4.78, 5) is 33.3. The summed E-state index contributed by atoms with van der Waals surface area (Å²) in [6.45, 7) is -1.49. The lowest BCUT2D eigenvalue weighted by molar-refractivity contribution is -0.192. The maximum absolute atomic E-state index is 14.8. The number of guanidine groups is 1. The highest BCUT2D eigenvalue weighted by molar-refractivity contribution is 7.92. The minimum absolute atomic E-state index is 0.0920. The molecule has 0 saturated carbocycles. The summed E-state index contributed by atoms with van der Waals surface area (Å²) in [5, 5.41) is 9.52. The molecule has 0 bridgehead atoms. The molecule has 0 saturated heterocycles. The summed E-state index contributed by atoms with van der Waals surface area (Å²) < 4.78 is 119. The van der Waals surface area contributed by atoms with Crippen LogP contribution >= 0.6 is 0 Å². The number of carboxylic acid groups (broad SMARTS) is 1. The van der Waals surface area contributed by atoms with Gasteiger partial charge in [-0.15, -0.1) is 0 Å². The third-order valence-corrected chi connectivity index (χ3v) is 7.57. The van der Waals surface area contributed by atoms with Crippen LogP contribution in [0.2, 0.25) is 0 Å². The van der Waals surface area contributed by atoms with Crippen LogP contribution in [-0.2, 0) is 20.2 Å². The van der Waals surface area contributed by atoms with Crippen molar-refractivity contribution in [2.45, 2.75) is 24.8 Å². The van der Waals surface area contributed by atoms with Crippen molar-refractivity contribution in [1.82, 2.24) is 14.3 Å². The minimum atomic E-state index is -5.08. The number of rotatable bonds is 6. The fraction of sp³-hybridized carbons (Fsp3) is 0.381. The summed E-state index contributed by atoms with van der Waals surface area (Å²) in [7, 11) is -2.61. The van der Waals surface area contributed by atoms with E-state index in [4.69, 9.17) is 15.6 Å². The second kappa shape index (κ2) is 12.7. The van der Waals surface area contributed by atoms with Crippen LogP contribution in [0.1, 0.15) is 23.1 Å². The Hall–Kier alpha value is -4.30. The molecule has 42 heavy (non-hydrogen) atoms. The van der Waals surface area contributed by atoms with Gasteiger partial charge in [-0.1, -0.05) is 0 Å². The molecule has 2 aromatic heterocycles. The number of amides is 1. The van der Waals surface area contributed by atoms with Crippen molar-refractivity contribution in [3.05, 3.63) is 47.7 Å². The normalized spacial score (nSPS) is 20.5. The fourth-order valence-electron chi connectivity index (χ4n) is 3.13. The van der Waals surface area contributed by atoms with E-state index in [1.54, 1.807) is 0 Å². The summed E-state index contributed by atoms with van der Waals surface area (Å²) in [6.07, 6.45) is -8.68. The van der Waals surface area contributed by atoms with E-state index in [-0.39, 0.29) is 17.3 Å². The number of carbonyl (C=O) groups excluding carboxylic acids is 1. The highest BCUT2D eigenvalue weighted by atomic mass is 32.2. The van der Waals surface area contributed by atoms with Gasteiger partial charge in [-0.2, -0.15) is 26.3 Å². The number of aliphatic imine (C=N–C) groups is 1.